The number of rotatable bonds is 1. The molecule has 0 bridgehead atoms. The van der Waals surface area contributed by atoms with Gasteiger partial charge in [-0.2, -0.15) is 5.10 Å². The molecule has 0 saturated heterocycles. The summed E-state index contributed by atoms with van der Waals surface area (Å²) in [6, 6.07) is 0. The van der Waals surface area contributed by atoms with Crippen LogP contribution in [0.5, 0.6) is 0 Å². The van der Waals surface area contributed by atoms with E-state index < -0.39 is 17.2 Å². The third-order valence-corrected chi connectivity index (χ3v) is 2.76. The first-order valence-corrected chi connectivity index (χ1v) is 4.46. The number of nitrogens with one attached hydrogen (secondary N) is 1. The van der Waals surface area contributed by atoms with Crippen LogP contribution in [-0.2, 0) is 16.8 Å². The highest BCUT2D eigenvalue weighted by molar-refractivity contribution is 5.76. The molecule has 1 aromatic rings. The van der Waals surface area contributed by atoms with Crippen molar-refractivity contribution in [3.63, 3.8) is 0 Å². The molecular weight excluding hydrogens is 186 g/mol. The van der Waals surface area contributed by atoms with E-state index in [0.29, 0.717) is 18.7 Å². The number of nitrogens with zero attached hydrogens (tertiary/aromatic N) is 2. The monoisotopic (exact) mass is 197 g/mol. The maximum absolute atomic E-state index is 11.4. The summed E-state index contributed by atoms with van der Waals surface area (Å²) in [5.74, 6) is -0.451. The van der Waals surface area contributed by atoms with Gasteiger partial charge in [-0.25, -0.2) is 14.7 Å². The van der Waals surface area contributed by atoms with Gasteiger partial charge >= 0.3 is 11.7 Å². The Balaban J connectivity index is 2.65. The molecule has 6 nitrogen and oxygen atoms in total. The lowest BCUT2D eigenvalue weighted by atomic mass is 9.91. The summed E-state index contributed by atoms with van der Waals surface area (Å²) >= 11 is 0. The van der Waals surface area contributed by atoms with Crippen LogP contribution in [0.15, 0.2) is 4.79 Å². The lowest BCUT2D eigenvalue weighted by Crippen LogP contribution is -2.47. The molecule has 1 unspecified atom stereocenters. The molecule has 0 fully saturated rings. The van der Waals surface area contributed by atoms with E-state index in [1.807, 2.05) is 0 Å². The van der Waals surface area contributed by atoms with Crippen LogP contribution >= 0.6 is 0 Å². The molecule has 1 aromatic heterocycles. The van der Waals surface area contributed by atoms with E-state index in [0.717, 1.165) is 6.42 Å². The number of aryl methyl sites for hydroxylation is 1. The number of carbonyl (C=O) groups is 1. The average molecular weight is 197 g/mol. The molecule has 2 N–H and O–H groups in total. The van der Waals surface area contributed by atoms with Crippen molar-refractivity contribution in [1.29, 1.82) is 0 Å². The first-order chi connectivity index (χ1) is 6.55. The standard InChI is InChI=1S/C8H11N3O3/c1-8(6(12)13)4-2-3-5-9-10-7(14)11(5)8/h2-4H2,1H3,(H,10,14)(H,12,13). The summed E-state index contributed by atoms with van der Waals surface area (Å²) in [6.07, 6.45) is 1.86. The van der Waals surface area contributed by atoms with E-state index >= 15 is 0 Å². The molecule has 1 aliphatic heterocycles. The van der Waals surface area contributed by atoms with Crippen molar-refractivity contribution >= 4 is 5.97 Å². The van der Waals surface area contributed by atoms with Crippen molar-refractivity contribution in [2.75, 3.05) is 0 Å². The van der Waals surface area contributed by atoms with Crippen molar-refractivity contribution in [3.05, 3.63) is 16.3 Å². The smallest absolute Gasteiger partial charge is 0.344 e. The van der Waals surface area contributed by atoms with Crippen LogP contribution in [0.2, 0.25) is 0 Å². The normalized spacial score (nSPS) is 25.8. The Morgan fingerprint density at radius 3 is 3.07 bits per heavy atom. The minimum absolute atomic E-state index is 0.440. The number of aromatic nitrogens is 3. The number of H-pyrrole nitrogens is 1. The van der Waals surface area contributed by atoms with Gasteiger partial charge in [-0.05, 0) is 19.8 Å². The number of aromatic amines is 1. The van der Waals surface area contributed by atoms with Gasteiger partial charge in [-0.1, -0.05) is 0 Å². The lowest BCUT2D eigenvalue weighted by molar-refractivity contribution is -0.147. The highest BCUT2D eigenvalue weighted by Crippen LogP contribution is 2.27. The molecule has 1 atom stereocenters. The summed E-state index contributed by atoms with van der Waals surface area (Å²) in [5.41, 5.74) is -1.58. The average Bonchev–Trinajstić information content (AvgIpc) is 2.49. The van der Waals surface area contributed by atoms with E-state index in [1.165, 1.54) is 4.57 Å². The number of fused-ring (bicyclic) bond motifs is 1. The zero-order chi connectivity index (χ0) is 10.3. The van der Waals surface area contributed by atoms with Gasteiger partial charge in [0.25, 0.3) is 0 Å². The third-order valence-electron chi connectivity index (χ3n) is 2.76. The minimum atomic E-state index is -1.14. The molecule has 1 aliphatic rings. The molecule has 14 heavy (non-hydrogen) atoms. The molecule has 0 radical (unpaired) electrons. The van der Waals surface area contributed by atoms with Crippen molar-refractivity contribution in [3.8, 4) is 0 Å². The molecule has 0 aromatic carbocycles. The highest BCUT2D eigenvalue weighted by atomic mass is 16.4. The van der Waals surface area contributed by atoms with Gasteiger partial charge in [-0.3, -0.25) is 4.57 Å². The molecule has 76 valence electrons. The molecule has 6 heteroatoms. The van der Waals surface area contributed by atoms with Gasteiger partial charge in [0.05, 0.1) is 0 Å². The van der Waals surface area contributed by atoms with Crippen molar-refractivity contribution in [1.82, 2.24) is 14.8 Å². The SMILES string of the molecule is CC1(C(=O)O)CCCc2n[nH]c(=O)n21. The number of carboxylic acid groups (broad SMARTS) is 1. The van der Waals surface area contributed by atoms with E-state index in [9.17, 15) is 9.59 Å². The van der Waals surface area contributed by atoms with Gasteiger partial charge in [0.2, 0.25) is 0 Å². The fourth-order valence-electron chi connectivity index (χ4n) is 1.91. The van der Waals surface area contributed by atoms with Gasteiger partial charge < -0.3 is 5.11 Å². The summed E-state index contributed by atoms with van der Waals surface area (Å²) in [7, 11) is 0. The van der Waals surface area contributed by atoms with E-state index in [-0.39, 0.29) is 0 Å². The molecular formula is C8H11N3O3. The van der Waals surface area contributed by atoms with E-state index in [2.05, 4.69) is 10.2 Å². The molecule has 0 aliphatic carbocycles. The Morgan fingerprint density at radius 2 is 2.43 bits per heavy atom. The zero-order valence-corrected chi connectivity index (χ0v) is 7.78. The van der Waals surface area contributed by atoms with Crippen molar-refractivity contribution in [2.45, 2.75) is 31.7 Å². The Morgan fingerprint density at radius 1 is 1.71 bits per heavy atom. The van der Waals surface area contributed by atoms with Crippen LogP contribution in [0.1, 0.15) is 25.6 Å². The Labute approximate surface area is 79.6 Å². The second-order valence-electron chi connectivity index (χ2n) is 3.71. The fraction of sp³-hybridized carbons (Fsp3) is 0.625. The number of hydrogen-bond donors (Lipinski definition) is 2. The molecule has 2 rings (SSSR count). The number of carboxylic acids is 1. The van der Waals surface area contributed by atoms with Crippen LogP contribution in [-0.4, -0.2) is 25.8 Å². The first kappa shape index (κ1) is 8.98. The van der Waals surface area contributed by atoms with Gasteiger partial charge in [0.1, 0.15) is 11.4 Å². The summed E-state index contributed by atoms with van der Waals surface area (Å²) in [5, 5.41) is 15.2. The first-order valence-electron chi connectivity index (χ1n) is 4.46. The summed E-state index contributed by atoms with van der Waals surface area (Å²) in [6.45, 7) is 1.55. The maximum Gasteiger partial charge on any atom is 0.344 e. The van der Waals surface area contributed by atoms with Crippen LogP contribution < -0.4 is 5.69 Å². The van der Waals surface area contributed by atoms with Crippen LogP contribution in [0.4, 0.5) is 0 Å². The number of hydrogen-bond acceptors (Lipinski definition) is 3. The Hall–Kier alpha value is -1.59. The Bertz CT molecular complexity index is 433. The van der Waals surface area contributed by atoms with Crippen molar-refractivity contribution in [2.24, 2.45) is 0 Å². The molecule has 2 heterocycles. The topological polar surface area (TPSA) is 88.0 Å². The summed E-state index contributed by atoms with van der Waals surface area (Å²) in [4.78, 5) is 22.5. The van der Waals surface area contributed by atoms with E-state index in [1.54, 1.807) is 6.92 Å². The van der Waals surface area contributed by atoms with E-state index in [4.69, 9.17) is 5.11 Å². The van der Waals surface area contributed by atoms with Crippen molar-refractivity contribution < 1.29 is 9.90 Å². The predicted octanol–water partition coefficient (Wildman–Crippen LogP) is -0.293. The lowest BCUT2D eigenvalue weighted by Gasteiger charge is -2.30. The molecule has 0 spiro atoms. The highest BCUT2D eigenvalue weighted by Gasteiger charge is 2.40. The third kappa shape index (κ3) is 0.997. The van der Waals surface area contributed by atoms with Gasteiger partial charge in [-0.15, -0.1) is 0 Å². The second kappa shape index (κ2) is 2.70. The molecule has 0 saturated carbocycles. The Kier molecular flexibility index (Phi) is 1.73. The second-order valence-corrected chi connectivity index (χ2v) is 3.71. The van der Waals surface area contributed by atoms with Crippen LogP contribution in [0.3, 0.4) is 0 Å². The maximum atomic E-state index is 11.4. The van der Waals surface area contributed by atoms with Crippen LogP contribution in [0, 0.1) is 0 Å². The quantitative estimate of drug-likeness (QED) is 0.647. The predicted molar refractivity (Wildman–Crippen MR) is 47.1 cm³/mol. The largest absolute Gasteiger partial charge is 0.479 e. The molecule has 0 amide bonds. The van der Waals surface area contributed by atoms with Crippen LogP contribution in [0.25, 0.3) is 0 Å². The number of aliphatic carboxylic acids is 1. The fourth-order valence-corrected chi connectivity index (χ4v) is 1.91. The van der Waals surface area contributed by atoms with Gasteiger partial charge in [0, 0.05) is 6.42 Å². The summed E-state index contributed by atoms with van der Waals surface area (Å²) < 4.78 is 1.25. The minimum Gasteiger partial charge on any atom is -0.479 e. The van der Waals surface area contributed by atoms with Gasteiger partial charge in [0.15, 0.2) is 0 Å². The zero-order valence-electron chi connectivity index (χ0n) is 7.78.